The number of aliphatic hydroxyl groups excluding tert-OH is 1. The second-order valence-electron chi connectivity index (χ2n) is 4.34. The van der Waals surface area contributed by atoms with E-state index in [4.69, 9.17) is 20.0 Å². The summed E-state index contributed by atoms with van der Waals surface area (Å²) in [4.78, 5) is 20.5. The Hall–Kier alpha value is -0.650. The zero-order valence-electron chi connectivity index (χ0n) is 9.52. The number of carboxylic acids is 1. The van der Waals surface area contributed by atoms with Crippen molar-refractivity contribution in [2.75, 3.05) is 6.61 Å². The highest BCUT2D eigenvalue weighted by atomic mass is 17.2. The summed E-state index contributed by atoms with van der Waals surface area (Å²) in [6.45, 7) is 5.39. The van der Waals surface area contributed by atoms with Gasteiger partial charge in [-0.25, -0.2) is 14.6 Å². The first kappa shape index (κ1) is 14.3. The van der Waals surface area contributed by atoms with Gasteiger partial charge < -0.3 is 10.2 Å². The molecule has 0 radical (unpaired) electrons. The molecule has 5 nitrogen and oxygen atoms in total. The fraction of sp³-hybridized carbons (Fsp3) is 0.900. The van der Waals surface area contributed by atoms with Crippen LogP contribution in [0.25, 0.3) is 0 Å². The molecule has 0 saturated carbocycles. The molecule has 0 amide bonds. The molecule has 0 aliphatic rings. The van der Waals surface area contributed by atoms with Crippen LogP contribution < -0.4 is 0 Å². The van der Waals surface area contributed by atoms with Gasteiger partial charge in [-0.15, -0.1) is 0 Å². The highest BCUT2D eigenvalue weighted by molar-refractivity contribution is 5.72. The molecule has 5 heteroatoms. The monoisotopic (exact) mass is 220 g/mol. The van der Waals surface area contributed by atoms with Crippen molar-refractivity contribution >= 4 is 5.97 Å². The highest BCUT2D eigenvalue weighted by Crippen LogP contribution is 2.12. The van der Waals surface area contributed by atoms with Crippen molar-refractivity contribution < 1.29 is 24.8 Å². The van der Waals surface area contributed by atoms with E-state index in [0.717, 1.165) is 0 Å². The zero-order valence-corrected chi connectivity index (χ0v) is 9.52. The lowest BCUT2D eigenvalue weighted by atomic mass is 10.1. The first-order valence-corrected chi connectivity index (χ1v) is 5.05. The predicted octanol–water partition coefficient (Wildman–Crippen LogP) is 1.35. The largest absolute Gasteiger partial charge is 0.479 e. The molecule has 15 heavy (non-hydrogen) atoms. The molecule has 0 saturated heterocycles. The molecule has 0 fully saturated rings. The van der Waals surface area contributed by atoms with Crippen LogP contribution in [0.5, 0.6) is 0 Å². The number of carboxylic acid groups (broad SMARTS) is 1. The number of aliphatic hydroxyl groups is 1. The van der Waals surface area contributed by atoms with Crippen molar-refractivity contribution in [2.45, 2.75) is 51.7 Å². The molecular formula is C10H20O5. The van der Waals surface area contributed by atoms with E-state index in [1.165, 1.54) is 0 Å². The molecule has 0 spiro atoms. The second-order valence-corrected chi connectivity index (χ2v) is 4.34. The molecule has 1 unspecified atom stereocenters. The van der Waals surface area contributed by atoms with Gasteiger partial charge in [0.15, 0.2) is 6.10 Å². The van der Waals surface area contributed by atoms with Gasteiger partial charge in [0.05, 0.1) is 5.60 Å². The summed E-state index contributed by atoms with van der Waals surface area (Å²) in [5.41, 5.74) is -0.523. The van der Waals surface area contributed by atoms with E-state index in [0.29, 0.717) is 19.3 Å². The molecule has 1 atom stereocenters. The van der Waals surface area contributed by atoms with E-state index >= 15 is 0 Å². The predicted molar refractivity (Wildman–Crippen MR) is 54.3 cm³/mol. The number of hydrogen-bond donors (Lipinski definition) is 2. The summed E-state index contributed by atoms with van der Waals surface area (Å²) in [5.74, 6) is -1.04. The van der Waals surface area contributed by atoms with Crippen LogP contribution in [0.4, 0.5) is 0 Å². The molecule has 0 aromatic carbocycles. The Morgan fingerprint density at radius 3 is 2.33 bits per heavy atom. The van der Waals surface area contributed by atoms with E-state index in [2.05, 4.69) is 0 Å². The third kappa shape index (κ3) is 8.35. The smallest absolute Gasteiger partial charge is 0.336 e. The second kappa shape index (κ2) is 6.76. The SMILES string of the molecule is CC(C)(C)OOC(CCCCO)C(=O)O. The van der Waals surface area contributed by atoms with Crippen molar-refractivity contribution in [3.8, 4) is 0 Å². The van der Waals surface area contributed by atoms with Gasteiger partial charge in [-0.05, 0) is 40.0 Å². The maximum atomic E-state index is 10.7. The van der Waals surface area contributed by atoms with Crippen molar-refractivity contribution in [3.05, 3.63) is 0 Å². The Kier molecular flexibility index (Phi) is 6.47. The summed E-state index contributed by atoms with van der Waals surface area (Å²) < 4.78 is 0. The quantitative estimate of drug-likeness (QED) is 0.385. The van der Waals surface area contributed by atoms with Gasteiger partial charge in [-0.2, -0.15) is 0 Å². The normalized spacial score (nSPS) is 13.9. The minimum absolute atomic E-state index is 0.0620. The van der Waals surface area contributed by atoms with E-state index in [1.54, 1.807) is 20.8 Å². The topological polar surface area (TPSA) is 76.0 Å². The zero-order chi connectivity index (χ0) is 11.9. The van der Waals surface area contributed by atoms with Crippen LogP contribution in [-0.2, 0) is 14.6 Å². The minimum atomic E-state index is -1.04. The van der Waals surface area contributed by atoms with Crippen LogP contribution in [-0.4, -0.2) is 34.5 Å². The van der Waals surface area contributed by atoms with Crippen molar-refractivity contribution in [2.24, 2.45) is 0 Å². The maximum Gasteiger partial charge on any atom is 0.336 e. The van der Waals surface area contributed by atoms with Gasteiger partial charge in [0.2, 0.25) is 0 Å². The molecule has 0 aliphatic carbocycles. The fourth-order valence-electron chi connectivity index (χ4n) is 0.857. The number of carbonyl (C=O) groups is 1. The average Bonchev–Trinajstić information content (AvgIpc) is 2.08. The number of aliphatic carboxylic acids is 1. The summed E-state index contributed by atoms with van der Waals surface area (Å²) in [5, 5.41) is 17.4. The van der Waals surface area contributed by atoms with Gasteiger partial charge in [0, 0.05) is 6.61 Å². The van der Waals surface area contributed by atoms with Gasteiger partial charge in [0.1, 0.15) is 0 Å². The van der Waals surface area contributed by atoms with Crippen LogP contribution in [0.3, 0.4) is 0 Å². The number of unbranched alkanes of at least 4 members (excludes halogenated alkanes) is 1. The van der Waals surface area contributed by atoms with E-state index < -0.39 is 17.7 Å². The van der Waals surface area contributed by atoms with Gasteiger partial charge in [-0.1, -0.05) is 0 Å². The van der Waals surface area contributed by atoms with Crippen molar-refractivity contribution in [3.63, 3.8) is 0 Å². The lowest BCUT2D eigenvalue weighted by Gasteiger charge is -2.20. The Bertz CT molecular complexity index is 185. The first-order valence-electron chi connectivity index (χ1n) is 5.05. The summed E-state index contributed by atoms with van der Waals surface area (Å²) in [6.07, 6.45) is 0.547. The van der Waals surface area contributed by atoms with Gasteiger partial charge in [-0.3, -0.25) is 0 Å². The molecule has 0 rings (SSSR count). The van der Waals surface area contributed by atoms with Crippen LogP contribution in [0, 0.1) is 0 Å². The minimum Gasteiger partial charge on any atom is -0.479 e. The molecule has 0 aromatic heterocycles. The van der Waals surface area contributed by atoms with Crippen LogP contribution in [0.15, 0.2) is 0 Å². The first-order chi connectivity index (χ1) is 6.87. The molecule has 0 heterocycles. The van der Waals surface area contributed by atoms with E-state index in [1.807, 2.05) is 0 Å². The Morgan fingerprint density at radius 2 is 1.93 bits per heavy atom. The van der Waals surface area contributed by atoms with E-state index in [-0.39, 0.29) is 6.61 Å². The summed E-state index contributed by atoms with van der Waals surface area (Å²) >= 11 is 0. The van der Waals surface area contributed by atoms with Crippen LogP contribution in [0.1, 0.15) is 40.0 Å². The Labute approximate surface area is 89.9 Å². The molecule has 2 N–H and O–H groups in total. The van der Waals surface area contributed by atoms with Crippen molar-refractivity contribution in [1.82, 2.24) is 0 Å². The lowest BCUT2D eigenvalue weighted by molar-refractivity contribution is -0.368. The average molecular weight is 220 g/mol. The lowest BCUT2D eigenvalue weighted by Crippen LogP contribution is -2.29. The molecular weight excluding hydrogens is 200 g/mol. The van der Waals surface area contributed by atoms with Crippen molar-refractivity contribution in [1.29, 1.82) is 0 Å². The molecule has 0 bridgehead atoms. The van der Waals surface area contributed by atoms with Crippen LogP contribution in [0.2, 0.25) is 0 Å². The Morgan fingerprint density at radius 1 is 1.33 bits per heavy atom. The standard InChI is InChI=1S/C10H20O5/c1-10(2,3)15-14-8(9(12)13)6-4-5-7-11/h8,11H,4-7H2,1-3H3,(H,12,13). The third-order valence-electron chi connectivity index (χ3n) is 1.56. The Balaban J connectivity index is 3.89. The van der Waals surface area contributed by atoms with Gasteiger partial charge >= 0.3 is 5.97 Å². The third-order valence-corrected chi connectivity index (χ3v) is 1.56. The summed E-state index contributed by atoms with van der Waals surface area (Å²) in [6, 6.07) is 0. The molecule has 0 aliphatic heterocycles. The molecule has 90 valence electrons. The fourth-order valence-corrected chi connectivity index (χ4v) is 0.857. The number of rotatable bonds is 7. The summed E-state index contributed by atoms with van der Waals surface area (Å²) in [7, 11) is 0. The highest BCUT2D eigenvalue weighted by Gasteiger charge is 2.22. The van der Waals surface area contributed by atoms with Crippen LogP contribution >= 0.6 is 0 Å². The van der Waals surface area contributed by atoms with E-state index in [9.17, 15) is 4.79 Å². The maximum absolute atomic E-state index is 10.7. The molecule has 0 aromatic rings. The number of hydrogen-bond acceptors (Lipinski definition) is 4. The van der Waals surface area contributed by atoms with Gasteiger partial charge in [0.25, 0.3) is 0 Å².